The van der Waals surface area contributed by atoms with Crippen molar-refractivity contribution >= 4 is 5.91 Å². The molecule has 128 valence electrons. The first-order valence-electron chi connectivity index (χ1n) is 8.15. The monoisotopic (exact) mass is 331 g/mol. The van der Waals surface area contributed by atoms with Crippen molar-refractivity contribution in [3.8, 4) is 5.69 Å². The Morgan fingerprint density at radius 2 is 2.33 bits per heavy atom. The summed E-state index contributed by atoms with van der Waals surface area (Å²) in [6.07, 6.45) is 3.77. The zero-order valence-corrected chi connectivity index (χ0v) is 14.0. The predicted molar refractivity (Wildman–Crippen MR) is 88.6 cm³/mol. The van der Waals surface area contributed by atoms with Crippen LogP contribution in [0.1, 0.15) is 35.8 Å². The third-order valence-corrected chi connectivity index (χ3v) is 4.49. The first kappa shape index (κ1) is 16.6. The Kier molecular flexibility index (Phi) is 4.62. The highest BCUT2D eigenvalue weighted by atomic mass is 19.1. The number of nitrogens with one attached hydrogen (secondary N) is 2. The second kappa shape index (κ2) is 6.68. The third-order valence-electron chi connectivity index (χ3n) is 4.49. The molecule has 24 heavy (non-hydrogen) atoms. The van der Waals surface area contributed by atoms with Gasteiger partial charge in [-0.15, -0.1) is 5.10 Å². The van der Waals surface area contributed by atoms with Crippen LogP contribution in [0.5, 0.6) is 0 Å². The van der Waals surface area contributed by atoms with Crippen molar-refractivity contribution in [2.24, 2.45) is 5.41 Å². The van der Waals surface area contributed by atoms with Crippen molar-refractivity contribution in [3.05, 3.63) is 41.5 Å². The Hall–Kier alpha value is -2.28. The topological polar surface area (TPSA) is 71.8 Å². The highest BCUT2D eigenvalue weighted by molar-refractivity contribution is 5.91. The molecule has 1 aliphatic heterocycles. The number of aromatic nitrogens is 3. The first-order valence-corrected chi connectivity index (χ1v) is 8.15. The second-order valence-electron chi connectivity index (χ2n) is 6.75. The highest BCUT2D eigenvalue weighted by Gasteiger charge is 2.27. The Morgan fingerprint density at radius 1 is 1.50 bits per heavy atom. The summed E-state index contributed by atoms with van der Waals surface area (Å²) < 4.78 is 14.7. The van der Waals surface area contributed by atoms with E-state index in [0.717, 1.165) is 31.5 Å². The van der Waals surface area contributed by atoms with Gasteiger partial charge in [-0.2, -0.15) is 0 Å². The van der Waals surface area contributed by atoms with E-state index in [1.165, 1.54) is 16.8 Å². The van der Waals surface area contributed by atoms with Gasteiger partial charge in [-0.05, 0) is 55.5 Å². The van der Waals surface area contributed by atoms with E-state index in [2.05, 4.69) is 27.9 Å². The fourth-order valence-electron chi connectivity index (χ4n) is 3.02. The molecule has 1 saturated heterocycles. The van der Waals surface area contributed by atoms with Crippen molar-refractivity contribution in [1.29, 1.82) is 0 Å². The summed E-state index contributed by atoms with van der Waals surface area (Å²) in [7, 11) is 0. The molecule has 0 saturated carbocycles. The molecule has 6 nitrogen and oxygen atoms in total. The maximum Gasteiger partial charge on any atom is 0.273 e. The van der Waals surface area contributed by atoms with Crippen molar-refractivity contribution in [3.63, 3.8) is 0 Å². The van der Waals surface area contributed by atoms with Gasteiger partial charge >= 0.3 is 0 Å². The third kappa shape index (κ3) is 3.62. The summed E-state index contributed by atoms with van der Waals surface area (Å²) >= 11 is 0. The van der Waals surface area contributed by atoms with Crippen LogP contribution in [0.4, 0.5) is 4.39 Å². The number of halogens is 1. The summed E-state index contributed by atoms with van der Waals surface area (Å²) in [6.45, 7) is 6.49. The van der Waals surface area contributed by atoms with Crippen LogP contribution >= 0.6 is 0 Å². The minimum absolute atomic E-state index is 0.0669. The van der Waals surface area contributed by atoms with Crippen molar-refractivity contribution in [1.82, 2.24) is 25.6 Å². The molecule has 3 rings (SSSR count). The van der Waals surface area contributed by atoms with Gasteiger partial charge in [-0.25, -0.2) is 9.07 Å². The van der Waals surface area contributed by atoms with E-state index in [0.29, 0.717) is 12.2 Å². The smallest absolute Gasteiger partial charge is 0.273 e. The maximum atomic E-state index is 13.2. The number of piperidine rings is 1. The zero-order chi connectivity index (χ0) is 17.2. The summed E-state index contributed by atoms with van der Waals surface area (Å²) in [4.78, 5) is 12.3. The highest BCUT2D eigenvalue weighted by Crippen LogP contribution is 2.24. The SMILES string of the molecule is Cc1cc(F)ccc1-n1cc(C(=O)NCC2(C)CCCNC2)nn1. The number of carbonyl (C=O) groups is 1. The van der Waals surface area contributed by atoms with E-state index in [4.69, 9.17) is 0 Å². The summed E-state index contributed by atoms with van der Waals surface area (Å²) in [6, 6.07) is 4.41. The molecule has 2 aromatic rings. The molecule has 2 heterocycles. The van der Waals surface area contributed by atoms with E-state index >= 15 is 0 Å². The summed E-state index contributed by atoms with van der Waals surface area (Å²) in [5.74, 6) is -0.545. The molecule has 0 radical (unpaired) electrons. The van der Waals surface area contributed by atoms with Crippen molar-refractivity contribution in [2.45, 2.75) is 26.7 Å². The average molecular weight is 331 g/mol. The number of aryl methyl sites for hydroxylation is 1. The van der Waals surface area contributed by atoms with Crippen LogP contribution in [0.15, 0.2) is 24.4 Å². The molecule has 1 aromatic carbocycles. The second-order valence-corrected chi connectivity index (χ2v) is 6.75. The summed E-state index contributed by atoms with van der Waals surface area (Å²) in [5, 5.41) is 14.2. The predicted octanol–water partition coefficient (Wildman–Crippen LogP) is 1.83. The first-order chi connectivity index (χ1) is 11.5. The Morgan fingerprint density at radius 3 is 3.04 bits per heavy atom. The minimum Gasteiger partial charge on any atom is -0.350 e. The van der Waals surface area contributed by atoms with Gasteiger partial charge in [0, 0.05) is 13.1 Å². The molecular weight excluding hydrogens is 309 g/mol. The van der Waals surface area contributed by atoms with Crippen LogP contribution in [0.2, 0.25) is 0 Å². The molecule has 0 aliphatic carbocycles. The number of benzene rings is 1. The number of hydrogen-bond acceptors (Lipinski definition) is 4. The Labute approximate surface area is 140 Å². The fraction of sp³-hybridized carbons (Fsp3) is 0.471. The largest absolute Gasteiger partial charge is 0.350 e. The number of nitrogens with zero attached hydrogens (tertiary/aromatic N) is 3. The number of rotatable bonds is 4. The molecule has 7 heteroatoms. The molecule has 1 aromatic heterocycles. The van der Waals surface area contributed by atoms with Gasteiger partial charge in [0.1, 0.15) is 5.82 Å². The van der Waals surface area contributed by atoms with E-state index in [9.17, 15) is 9.18 Å². The minimum atomic E-state index is -0.302. The van der Waals surface area contributed by atoms with Crippen LogP contribution in [0, 0.1) is 18.2 Å². The van der Waals surface area contributed by atoms with E-state index in [1.54, 1.807) is 19.2 Å². The Bertz CT molecular complexity index is 736. The summed E-state index contributed by atoms with van der Waals surface area (Å²) in [5.41, 5.74) is 1.75. The molecule has 1 atom stereocenters. The van der Waals surface area contributed by atoms with Crippen LogP contribution in [-0.2, 0) is 0 Å². The van der Waals surface area contributed by atoms with Crippen LogP contribution in [-0.4, -0.2) is 40.5 Å². The van der Waals surface area contributed by atoms with Crippen LogP contribution in [0.25, 0.3) is 5.69 Å². The van der Waals surface area contributed by atoms with Crippen molar-refractivity contribution < 1.29 is 9.18 Å². The quantitative estimate of drug-likeness (QED) is 0.897. The standard InChI is InChI=1S/C17H22FN5O/c1-12-8-13(18)4-5-15(12)23-9-14(21-22-23)16(24)20-11-17(2)6-3-7-19-10-17/h4-5,8-9,19H,3,6-7,10-11H2,1-2H3,(H,20,24). The lowest BCUT2D eigenvalue weighted by atomic mass is 9.83. The molecule has 1 fully saturated rings. The number of hydrogen-bond donors (Lipinski definition) is 2. The van der Waals surface area contributed by atoms with Gasteiger partial charge in [-0.1, -0.05) is 12.1 Å². The van der Waals surface area contributed by atoms with Crippen LogP contribution in [0.3, 0.4) is 0 Å². The molecule has 0 bridgehead atoms. The van der Waals surface area contributed by atoms with Crippen LogP contribution < -0.4 is 10.6 Å². The molecule has 0 spiro atoms. The van der Waals surface area contributed by atoms with Gasteiger partial charge in [0.15, 0.2) is 5.69 Å². The van der Waals surface area contributed by atoms with E-state index in [-0.39, 0.29) is 22.8 Å². The molecule has 1 amide bonds. The Balaban J connectivity index is 1.67. The average Bonchev–Trinajstić information content (AvgIpc) is 3.03. The lowest BCUT2D eigenvalue weighted by molar-refractivity contribution is 0.0919. The van der Waals surface area contributed by atoms with E-state index in [1.807, 2.05) is 0 Å². The van der Waals surface area contributed by atoms with Gasteiger partial charge in [0.2, 0.25) is 0 Å². The van der Waals surface area contributed by atoms with E-state index < -0.39 is 0 Å². The van der Waals surface area contributed by atoms with Gasteiger partial charge in [0.05, 0.1) is 11.9 Å². The van der Waals surface area contributed by atoms with Crippen molar-refractivity contribution in [2.75, 3.05) is 19.6 Å². The lowest BCUT2D eigenvalue weighted by Gasteiger charge is -2.34. The van der Waals surface area contributed by atoms with Gasteiger partial charge < -0.3 is 10.6 Å². The molecule has 1 aliphatic rings. The fourth-order valence-corrected chi connectivity index (χ4v) is 3.02. The molecule has 2 N–H and O–H groups in total. The van der Waals surface area contributed by atoms with Gasteiger partial charge in [0.25, 0.3) is 5.91 Å². The zero-order valence-electron chi connectivity index (χ0n) is 14.0. The normalized spacial score (nSPS) is 20.8. The maximum absolute atomic E-state index is 13.2. The number of amides is 1. The lowest BCUT2D eigenvalue weighted by Crippen LogP contribution is -2.45. The molecular formula is C17H22FN5O. The molecule has 1 unspecified atom stereocenters. The number of carbonyl (C=O) groups excluding carboxylic acids is 1. The van der Waals surface area contributed by atoms with Gasteiger partial charge in [-0.3, -0.25) is 4.79 Å².